The normalized spacial score (nSPS) is 28.4. The maximum absolute atomic E-state index is 6.41. The van der Waals surface area contributed by atoms with Crippen molar-refractivity contribution in [1.29, 1.82) is 0 Å². The zero-order valence-corrected chi connectivity index (χ0v) is 15.4. The number of benzene rings is 1. The van der Waals surface area contributed by atoms with E-state index in [1.807, 2.05) is 31.3 Å². The molecule has 2 heterocycles. The fraction of sp³-hybridized carbons (Fsp3) is 0.474. The molecule has 1 saturated carbocycles. The number of aromatic nitrogens is 2. The number of halogens is 1. The number of aryl methyl sites for hydroxylation is 1. The number of nitrogen functional groups attached to an aromatic ring is 1. The molecule has 0 amide bonds. The first-order chi connectivity index (χ1) is 11.8. The molecule has 2 aromatic rings. The summed E-state index contributed by atoms with van der Waals surface area (Å²) in [6.45, 7) is 6.10. The molecule has 1 saturated heterocycles. The first kappa shape index (κ1) is 16.6. The molecule has 1 aliphatic heterocycles. The third-order valence-electron chi connectivity index (χ3n) is 5.59. The minimum atomic E-state index is -0.0160. The average molecular weight is 358 g/mol. The summed E-state index contributed by atoms with van der Waals surface area (Å²) in [5.74, 6) is 2.55. The van der Waals surface area contributed by atoms with Crippen LogP contribution < -0.4 is 16.4 Å². The lowest BCUT2D eigenvalue weighted by molar-refractivity contribution is 0.449. The number of rotatable bonds is 2. The summed E-state index contributed by atoms with van der Waals surface area (Å²) < 4.78 is 0. The highest BCUT2D eigenvalue weighted by molar-refractivity contribution is 6.34. The van der Waals surface area contributed by atoms with Crippen molar-refractivity contribution in [2.75, 3.05) is 23.7 Å². The molecule has 5 nitrogen and oxygen atoms in total. The van der Waals surface area contributed by atoms with Gasteiger partial charge in [0.2, 0.25) is 0 Å². The highest BCUT2D eigenvalue weighted by Crippen LogP contribution is 2.43. The van der Waals surface area contributed by atoms with Crippen molar-refractivity contribution in [3.8, 4) is 11.3 Å². The predicted molar refractivity (Wildman–Crippen MR) is 103 cm³/mol. The Balaban J connectivity index is 1.58. The monoisotopic (exact) mass is 357 g/mol. The number of fused-ring (bicyclic) bond motifs is 1. The summed E-state index contributed by atoms with van der Waals surface area (Å²) in [4.78, 5) is 11.5. The van der Waals surface area contributed by atoms with Crippen LogP contribution in [0.5, 0.6) is 0 Å². The van der Waals surface area contributed by atoms with E-state index in [1.165, 1.54) is 0 Å². The highest BCUT2D eigenvalue weighted by Gasteiger charge is 2.45. The Morgan fingerprint density at radius 2 is 1.92 bits per heavy atom. The van der Waals surface area contributed by atoms with Crippen molar-refractivity contribution in [2.45, 2.75) is 32.2 Å². The van der Waals surface area contributed by atoms with Crippen LogP contribution in [-0.2, 0) is 0 Å². The van der Waals surface area contributed by atoms with Crippen LogP contribution in [0.25, 0.3) is 11.3 Å². The number of nitrogens with two attached hydrogens (primary N) is 2. The Morgan fingerprint density at radius 1 is 1.24 bits per heavy atom. The van der Waals surface area contributed by atoms with Gasteiger partial charge in [-0.2, -0.15) is 0 Å². The van der Waals surface area contributed by atoms with Gasteiger partial charge in [-0.05, 0) is 44.1 Å². The molecule has 1 aliphatic carbocycles. The van der Waals surface area contributed by atoms with Gasteiger partial charge in [0.25, 0.3) is 0 Å². The van der Waals surface area contributed by atoms with E-state index in [1.54, 1.807) is 0 Å². The van der Waals surface area contributed by atoms with Gasteiger partial charge in [0, 0.05) is 24.2 Å². The summed E-state index contributed by atoms with van der Waals surface area (Å²) in [5.41, 5.74) is 15.0. The lowest BCUT2D eigenvalue weighted by atomic mass is 10.00. The molecule has 4 rings (SSSR count). The van der Waals surface area contributed by atoms with Gasteiger partial charge in [0.05, 0.1) is 11.2 Å². The lowest BCUT2D eigenvalue weighted by Gasteiger charge is -2.23. The maximum Gasteiger partial charge on any atom is 0.152 e. The van der Waals surface area contributed by atoms with Crippen LogP contribution >= 0.6 is 11.6 Å². The van der Waals surface area contributed by atoms with E-state index >= 15 is 0 Å². The lowest BCUT2D eigenvalue weighted by Crippen LogP contribution is -2.35. The summed E-state index contributed by atoms with van der Waals surface area (Å²) in [7, 11) is 0. The number of hydrogen-bond donors (Lipinski definition) is 2. The van der Waals surface area contributed by atoms with Crippen molar-refractivity contribution < 1.29 is 0 Å². The molecule has 1 unspecified atom stereocenters. The van der Waals surface area contributed by atoms with Crippen molar-refractivity contribution in [2.24, 2.45) is 17.6 Å². The van der Waals surface area contributed by atoms with Gasteiger partial charge >= 0.3 is 0 Å². The number of nitrogens with zero attached hydrogens (tertiary/aromatic N) is 3. The van der Waals surface area contributed by atoms with Gasteiger partial charge < -0.3 is 16.4 Å². The smallest absolute Gasteiger partial charge is 0.152 e. The Hall–Kier alpha value is -1.85. The molecule has 0 spiro atoms. The SMILES string of the molecule is Cc1cccc(-c2ncc(N3C[C@@H]4CC(C)(N)C[C@@H]4C3)nc2N)c1Cl. The summed E-state index contributed by atoms with van der Waals surface area (Å²) in [5, 5.41) is 0.675. The Kier molecular flexibility index (Phi) is 3.89. The molecule has 1 aromatic carbocycles. The molecule has 2 fully saturated rings. The second-order valence-electron chi connectivity index (χ2n) is 7.89. The molecule has 1 aromatic heterocycles. The second kappa shape index (κ2) is 5.85. The third kappa shape index (κ3) is 2.96. The van der Waals surface area contributed by atoms with Crippen LogP contribution in [0.1, 0.15) is 25.3 Å². The number of anilines is 2. The Morgan fingerprint density at radius 3 is 2.56 bits per heavy atom. The summed E-state index contributed by atoms with van der Waals surface area (Å²) in [6.07, 6.45) is 3.97. The van der Waals surface area contributed by atoms with Gasteiger partial charge in [0.15, 0.2) is 5.82 Å². The fourth-order valence-electron chi connectivity index (χ4n) is 4.45. The van der Waals surface area contributed by atoms with E-state index in [4.69, 9.17) is 23.1 Å². The third-order valence-corrected chi connectivity index (χ3v) is 6.09. The quantitative estimate of drug-likeness (QED) is 0.862. The molecule has 2 aliphatic rings. The zero-order valence-electron chi connectivity index (χ0n) is 14.7. The topological polar surface area (TPSA) is 81.1 Å². The standard InChI is InChI=1S/C19H24ClN5/c1-11-4-3-5-14(16(11)20)17-18(21)24-15(8-23-17)25-9-12-6-19(2,22)7-13(12)10-25/h3-5,8,12-13H,6-7,9-10,22H2,1-2H3,(H2,21,24)/t12-,13+,19?. The van der Waals surface area contributed by atoms with E-state index in [0.29, 0.717) is 28.4 Å². The Labute approximate surface area is 153 Å². The van der Waals surface area contributed by atoms with Crippen molar-refractivity contribution >= 4 is 23.2 Å². The van der Waals surface area contributed by atoms with Crippen molar-refractivity contribution in [1.82, 2.24) is 9.97 Å². The molecular weight excluding hydrogens is 334 g/mol. The molecule has 25 heavy (non-hydrogen) atoms. The zero-order chi connectivity index (χ0) is 17.8. The molecule has 3 atom stereocenters. The van der Waals surface area contributed by atoms with E-state index in [-0.39, 0.29) is 5.54 Å². The molecule has 4 N–H and O–H groups in total. The summed E-state index contributed by atoms with van der Waals surface area (Å²) in [6, 6.07) is 5.85. The molecule has 0 bridgehead atoms. The van der Waals surface area contributed by atoms with Gasteiger partial charge in [0.1, 0.15) is 11.5 Å². The van der Waals surface area contributed by atoms with Crippen LogP contribution in [0.4, 0.5) is 11.6 Å². The van der Waals surface area contributed by atoms with Crippen LogP contribution in [0, 0.1) is 18.8 Å². The van der Waals surface area contributed by atoms with Gasteiger partial charge in [-0.15, -0.1) is 0 Å². The van der Waals surface area contributed by atoms with Gasteiger partial charge in [-0.1, -0.05) is 29.8 Å². The van der Waals surface area contributed by atoms with E-state index in [0.717, 1.165) is 42.9 Å². The maximum atomic E-state index is 6.41. The predicted octanol–water partition coefficient (Wildman–Crippen LogP) is 3.25. The minimum Gasteiger partial charge on any atom is -0.382 e. The first-order valence-electron chi connectivity index (χ1n) is 8.76. The van der Waals surface area contributed by atoms with E-state index in [9.17, 15) is 0 Å². The van der Waals surface area contributed by atoms with Crippen LogP contribution in [0.3, 0.4) is 0 Å². The van der Waals surface area contributed by atoms with Crippen molar-refractivity contribution in [3.05, 3.63) is 35.0 Å². The van der Waals surface area contributed by atoms with Crippen LogP contribution in [-0.4, -0.2) is 28.6 Å². The minimum absolute atomic E-state index is 0.0160. The van der Waals surface area contributed by atoms with Gasteiger partial charge in [-0.25, -0.2) is 9.97 Å². The summed E-state index contributed by atoms with van der Waals surface area (Å²) >= 11 is 6.41. The molecule has 132 valence electrons. The highest BCUT2D eigenvalue weighted by atomic mass is 35.5. The van der Waals surface area contributed by atoms with E-state index < -0.39 is 0 Å². The van der Waals surface area contributed by atoms with Crippen LogP contribution in [0.15, 0.2) is 24.4 Å². The Bertz CT molecular complexity index is 803. The van der Waals surface area contributed by atoms with E-state index in [2.05, 4.69) is 21.8 Å². The second-order valence-corrected chi connectivity index (χ2v) is 8.26. The van der Waals surface area contributed by atoms with Gasteiger partial charge in [-0.3, -0.25) is 0 Å². The number of hydrogen-bond acceptors (Lipinski definition) is 5. The van der Waals surface area contributed by atoms with Crippen molar-refractivity contribution in [3.63, 3.8) is 0 Å². The fourth-order valence-corrected chi connectivity index (χ4v) is 4.67. The molecule has 0 radical (unpaired) electrons. The average Bonchev–Trinajstić information content (AvgIpc) is 3.04. The molecular formula is C19H24ClN5. The molecule has 6 heteroatoms. The largest absolute Gasteiger partial charge is 0.382 e. The van der Waals surface area contributed by atoms with Crippen LogP contribution in [0.2, 0.25) is 5.02 Å². The first-order valence-corrected chi connectivity index (χ1v) is 9.14.